The molecule has 2 rings (SSSR count). The number of rotatable bonds is 7. The van der Waals surface area contributed by atoms with Crippen LogP contribution >= 0.6 is 27.5 Å². The standard InChI is InChI=1S/C14H16BrClFN3O2S/c1-2-3-7-23(21,22)19-14-11(15)9-20(18-14)8-10-12(16)5-4-6-13(10)17/h4-6,9H,2-3,7-8H2,1H3,(H,18,19). The van der Waals surface area contributed by atoms with Crippen molar-refractivity contribution in [2.45, 2.75) is 26.3 Å². The summed E-state index contributed by atoms with van der Waals surface area (Å²) in [6.45, 7) is 2.01. The van der Waals surface area contributed by atoms with E-state index in [2.05, 4.69) is 25.8 Å². The van der Waals surface area contributed by atoms with Gasteiger partial charge in [0.1, 0.15) is 5.82 Å². The van der Waals surface area contributed by atoms with Crippen molar-refractivity contribution < 1.29 is 12.8 Å². The van der Waals surface area contributed by atoms with Gasteiger partial charge in [-0.25, -0.2) is 12.8 Å². The van der Waals surface area contributed by atoms with Gasteiger partial charge in [-0.3, -0.25) is 9.40 Å². The van der Waals surface area contributed by atoms with E-state index in [-0.39, 0.29) is 18.1 Å². The summed E-state index contributed by atoms with van der Waals surface area (Å²) in [7, 11) is -3.45. The normalized spacial score (nSPS) is 11.7. The van der Waals surface area contributed by atoms with Gasteiger partial charge in [-0.2, -0.15) is 5.10 Å². The number of nitrogens with zero attached hydrogens (tertiary/aromatic N) is 2. The number of aromatic nitrogens is 2. The molecule has 0 fully saturated rings. The molecule has 0 amide bonds. The van der Waals surface area contributed by atoms with E-state index in [1.54, 1.807) is 12.3 Å². The lowest BCUT2D eigenvalue weighted by Gasteiger charge is -2.06. The Morgan fingerprint density at radius 1 is 1.43 bits per heavy atom. The number of anilines is 1. The second kappa shape index (κ2) is 7.63. The molecule has 1 N–H and O–H groups in total. The van der Waals surface area contributed by atoms with Crippen LogP contribution in [0.25, 0.3) is 0 Å². The zero-order chi connectivity index (χ0) is 17.0. The Hall–Kier alpha value is -1.12. The number of unbranched alkanes of at least 4 members (excludes halogenated alkanes) is 1. The van der Waals surface area contributed by atoms with Gasteiger partial charge in [-0.05, 0) is 34.5 Å². The van der Waals surface area contributed by atoms with Crippen LogP contribution in [0, 0.1) is 5.82 Å². The van der Waals surface area contributed by atoms with Gasteiger partial charge in [0.15, 0.2) is 5.82 Å². The molecule has 0 bridgehead atoms. The van der Waals surface area contributed by atoms with Crippen molar-refractivity contribution in [3.8, 4) is 0 Å². The largest absolute Gasteiger partial charge is 0.265 e. The van der Waals surface area contributed by atoms with E-state index in [9.17, 15) is 12.8 Å². The first-order valence-electron chi connectivity index (χ1n) is 6.98. The lowest BCUT2D eigenvalue weighted by Crippen LogP contribution is -2.17. The van der Waals surface area contributed by atoms with E-state index < -0.39 is 15.8 Å². The minimum atomic E-state index is -3.45. The molecule has 126 valence electrons. The maximum atomic E-state index is 13.8. The molecule has 0 saturated carbocycles. The Balaban J connectivity index is 2.18. The third-order valence-corrected chi connectivity index (χ3v) is 5.38. The molecule has 0 unspecified atom stereocenters. The van der Waals surface area contributed by atoms with Crippen LogP contribution in [0.4, 0.5) is 10.2 Å². The average Bonchev–Trinajstić information content (AvgIpc) is 2.80. The van der Waals surface area contributed by atoms with Crippen molar-refractivity contribution in [2.75, 3.05) is 10.5 Å². The van der Waals surface area contributed by atoms with Gasteiger partial charge in [0.05, 0.1) is 16.8 Å². The van der Waals surface area contributed by atoms with E-state index >= 15 is 0 Å². The minimum absolute atomic E-state index is 0.0297. The molecule has 1 aromatic carbocycles. The number of benzene rings is 1. The molecular formula is C14H16BrClFN3O2S. The molecule has 0 radical (unpaired) electrons. The summed E-state index contributed by atoms with van der Waals surface area (Å²) in [4.78, 5) is 0. The molecule has 2 aromatic rings. The van der Waals surface area contributed by atoms with Gasteiger partial charge < -0.3 is 0 Å². The molecule has 1 heterocycles. The molecular weight excluding hydrogens is 409 g/mol. The number of halogens is 3. The Labute approximate surface area is 148 Å². The fraction of sp³-hybridized carbons (Fsp3) is 0.357. The molecule has 0 saturated heterocycles. The van der Waals surface area contributed by atoms with Crippen LogP contribution in [0.2, 0.25) is 5.02 Å². The van der Waals surface area contributed by atoms with E-state index in [1.807, 2.05) is 6.92 Å². The van der Waals surface area contributed by atoms with Gasteiger partial charge in [0.2, 0.25) is 10.0 Å². The molecule has 0 aliphatic rings. The molecule has 0 aliphatic heterocycles. The smallest absolute Gasteiger partial charge is 0.233 e. The first kappa shape index (κ1) is 18.2. The van der Waals surface area contributed by atoms with Gasteiger partial charge in [0, 0.05) is 16.8 Å². The lowest BCUT2D eigenvalue weighted by atomic mass is 10.2. The molecule has 23 heavy (non-hydrogen) atoms. The first-order chi connectivity index (χ1) is 10.8. The summed E-state index contributed by atoms with van der Waals surface area (Å²) in [5, 5.41) is 4.43. The summed E-state index contributed by atoms with van der Waals surface area (Å²) < 4.78 is 42.0. The van der Waals surface area contributed by atoms with Gasteiger partial charge >= 0.3 is 0 Å². The van der Waals surface area contributed by atoms with Crippen LogP contribution in [0.15, 0.2) is 28.9 Å². The topological polar surface area (TPSA) is 64.0 Å². The van der Waals surface area contributed by atoms with Crippen molar-refractivity contribution in [3.05, 3.63) is 45.3 Å². The fourth-order valence-electron chi connectivity index (χ4n) is 1.93. The van der Waals surface area contributed by atoms with Crippen LogP contribution in [0.1, 0.15) is 25.3 Å². The van der Waals surface area contributed by atoms with E-state index in [4.69, 9.17) is 11.6 Å². The summed E-state index contributed by atoms with van der Waals surface area (Å²) in [5.41, 5.74) is 0.296. The molecule has 9 heteroatoms. The quantitative estimate of drug-likeness (QED) is 0.730. The minimum Gasteiger partial charge on any atom is -0.265 e. The number of sulfonamides is 1. The third-order valence-electron chi connectivity index (χ3n) is 3.12. The second-order valence-electron chi connectivity index (χ2n) is 5.00. The highest BCUT2D eigenvalue weighted by atomic mass is 79.9. The number of nitrogens with one attached hydrogen (secondary N) is 1. The van der Waals surface area contributed by atoms with Crippen LogP contribution in [-0.2, 0) is 16.6 Å². The Kier molecular flexibility index (Phi) is 6.05. The van der Waals surface area contributed by atoms with Gasteiger partial charge in [0.25, 0.3) is 0 Å². The highest BCUT2D eigenvalue weighted by molar-refractivity contribution is 9.10. The predicted octanol–water partition coefficient (Wildman–Crippen LogP) is 4.03. The first-order valence-corrected chi connectivity index (χ1v) is 9.81. The SMILES string of the molecule is CCCCS(=O)(=O)Nc1nn(Cc2c(F)cccc2Cl)cc1Br. The van der Waals surface area contributed by atoms with Crippen LogP contribution in [0.3, 0.4) is 0 Å². The van der Waals surface area contributed by atoms with Crippen molar-refractivity contribution >= 4 is 43.4 Å². The Morgan fingerprint density at radius 2 is 2.17 bits per heavy atom. The van der Waals surface area contributed by atoms with E-state index in [1.165, 1.54) is 16.8 Å². The van der Waals surface area contributed by atoms with E-state index in [0.29, 0.717) is 21.5 Å². The molecule has 0 spiro atoms. The Bertz CT molecular complexity index is 775. The molecule has 5 nitrogen and oxygen atoms in total. The fourth-order valence-corrected chi connectivity index (χ4v) is 3.91. The van der Waals surface area contributed by atoms with E-state index in [0.717, 1.165) is 6.42 Å². The zero-order valence-corrected chi connectivity index (χ0v) is 15.5. The van der Waals surface area contributed by atoms with Crippen LogP contribution < -0.4 is 4.72 Å². The highest BCUT2D eigenvalue weighted by Crippen LogP contribution is 2.24. The molecule has 0 aliphatic carbocycles. The monoisotopic (exact) mass is 423 g/mol. The van der Waals surface area contributed by atoms with Crippen LogP contribution in [-0.4, -0.2) is 24.0 Å². The van der Waals surface area contributed by atoms with Crippen LogP contribution in [0.5, 0.6) is 0 Å². The molecule has 0 atom stereocenters. The number of hydrogen-bond acceptors (Lipinski definition) is 3. The molecule has 1 aromatic heterocycles. The average molecular weight is 425 g/mol. The van der Waals surface area contributed by atoms with Crippen molar-refractivity contribution in [2.24, 2.45) is 0 Å². The van der Waals surface area contributed by atoms with Crippen molar-refractivity contribution in [1.29, 1.82) is 0 Å². The predicted molar refractivity (Wildman–Crippen MR) is 92.8 cm³/mol. The van der Waals surface area contributed by atoms with Gasteiger partial charge in [-0.1, -0.05) is 31.0 Å². The van der Waals surface area contributed by atoms with Crippen molar-refractivity contribution in [1.82, 2.24) is 9.78 Å². The summed E-state index contributed by atoms with van der Waals surface area (Å²) in [6, 6.07) is 4.43. The maximum Gasteiger partial charge on any atom is 0.233 e. The van der Waals surface area contributed by atoms with Gasteiger partial charge in [-0.15, -0.1) is 0 Å². The third kappa shape index (κ3) is 4.92. The summed E-state index contributed by atoms with van der Waals surface area (Å²) in [5.74, 6) is -0.232. The Morgan fingerprint density at radius 3 is 2.83 bits per heavy atom. The summed E-state index contributed by atoms with van der Waals surface area (Å²) >= 11 is 9.24. The highest BCUT2D eigenvalue weighted by Gasteiger charge is 2.16. The summed E-state index contributed by atoms with van der Waals surface area (Å²) in [6.07, 6.45) is 2.92. The van der Waals surface area contributed by atoms with Crippen molar-refractivity contribution in [3.63, 3.8) is 0 Å². The maximum absolute atomic E-state index is 13.8. The number of hydrogen-bond donors (Lipinski definition) is 1. The lowest BCUT2D eigenvalue weighted by molar-refractivity contribution is 0.585. The second-order valence-corrected chi connectivity index (χ2v) is 8.10. The zero-order valence-electron chi connectivity index (χ0n) is 12.4.